The first kappa shape index (κ1) is 22.8. The van der Waals surface area contributed by atoms with E-state index in [0.717, 1.165) is 24.8 Å². The van der Waals surface area contributed by atoms with Gasteiger partial charge in [0.25, 0.3) is 0 Å². The Hall–Kier alpha value is -2.28. The van der Waals surface area contributed by atoms with Crippen LogP contribution >= 0.6 is 0 Å². The molecule has 0 saturated carbocycles. The summed E-state index contributed by atoms with van der Waals surface area (Å²) in [5.41, 5.74) is 5.96. The molecule has 1 aromatic rings. The molecule has 0 heterocycles. The summed E-state index contributed by atoms with van der Waals surface area (Å²) in [4.78, 5) is 25.6. The molecule has 1 aromatic carbocycles. The monoisotopic (exact) mass is 379 g/mol. The predicted molar refractivity (Wildman–Crippen MR) is 105 cm³/mol. The Morgan fingerprint density at radius 1 is 1.07 bits per heavy atom. The zero-order valence-electron chi connectivity index (χ0n) is 16.7. The number of carbonyl (C=O) groups excluding carboxylic acids is 2. The number of rotatable bonds is 10. The molecule has 0 bridgehead atoms. The SMILES string of the molecule is CC(C)(C)OC(=O)N(CCCN)CCCCNC(=O)OCc1ccccc1. The fraction of sp³-hybridized carbons (Fsp3) is 0.600. The van der Waals surface area contributed by atoms with Gasteiger partial charge in [-0.25, -0.2) is 9.59 Å². The number of alkyl carbamates (subject to hydrolysis) is 1. The minimum atomic E-state index is -0.526. The molecule has 27 heavy (non-hydrogen) atoms. The zero-order valence-corrected chi connectivity index (χ0v) is 16.7. The second-order valence-electron chi connectivity index (χ2n) is 7.31. The fourth-order valence-corrected chi connectivity index (χ4v) is 2.30. The van der Waals surface area contributed by atoms with Crippen molar-refractivity contribution in [2.24, 2.45) is 5.73 Å². The molecule has 2 amide bonds. The molecule has 0 unspecified atom stereocenters. The second-order valence-corrected chi connectivity index (χ2v) is 7.31. The summed E-state index contributed by atoms with van der Waals surface area (Å²) in [7, 11) is 0. The average Bonchev–Trinajstić information content (AvgIpc) is 2.61. The van der Waals surface area contributed by atoms with Gasteiger partial charge in [-0.05, 0) is 52.1 Å². The normalized spacial score (nSPS) is 11.0. The van der Waals surface area contributed by atoms with Crippen LogP contribution in [0.25, 0.3) is 0 Å². The molecule has 0 fully saturated rings. The molecule has 0 atom stereocenters. The summed E-state index contributed by atoms with van der Waals surface area (Å²) in [6.45, 7) is 7.93. The van der Waals surface area contributed by atoms with Crippen molar-refractivity contribution in [1.82, 2.24) is 10.2 Å². The highest BCUT2D eigenvalue weighted by Gasteiger charge is 2.21. The molecule has 0 aliphatic carbocycles. The van der Waals surface area contributed by atoms with E-state index in [-0.39, 0.29) is 12.7 Å². The number of benzene rings is 1. The van der Waals surface area contributed by atoms with E-state index in [1.165, 1.54) is 0 Å². The maximum atomic E-state index is 12.2. The summed E-state index contributed by atoms with van der Waals surface area (Å²) in [5, 5.41) is 2.72. The molecular weight excluding hydrogens is 346 g/mol. The molecule has 1 rings (SSSR count). The van der Waals surface area contributed by atoms with Crippen molar-refractivity contribution in [2.45, 2.75) is 52.2 Å². The van der Waals surface area contributed by atoms with Crippen LogP contribution in [0.4, 0.5) is 9.59 Å². The van der Waals surface area contributed by atoms with E-state index in [1.807, 2.05) is 51.1 Å². The zero-order chi connectivity index (χ0) is 20.1. The Morgan fingerprint density at radius 2 is 1.74 bits per heavy atom. The number of hydrogen-bond acceptors (Lipinski definition) is 5. The Labute approximate surface area is 162 Å². The largest absolute Gasteiger partial charge is 0.445 e. The van der Waals surface area contributed by atoms with Crippen LogP contribution < -0.4 is 11.1 Å². The van der Waals surface area contributed by atoms with Gasteiger partial charge in [-0.15, -0.1) is 0 Å². The lowest BCUT2D eigenvalue weighted by Gasteiger charge is -2.27. The summed E-state index contributed by atoms with van der Waals surface area (Å²) in [6.07, 6.45) is 1.45. The quantitative estimate of drug-likeness (QED) is 0.609. The van der Waals surface area contributed by atoms with Crippen molar-refractivity contribution in [3.05, 3.63) is 35.9 Å². The highest BCUT2D eigenvalue weighted by molar-refractivity contribution is 5.68. The lowest BCUT2D eigenvalue weighted by molar-refractivity contribution is 0.0245. The van der Waals surface area contributed by atoms with Crippen molar-refractivity contribution in [3.8, 4) is 0 Å². The van der Waals surface area contributed by atoms with E-state index < -0.39 is 11.7 Å². The molecule has 0 radical (unpaired) electrons. The molecule has 0 aliphatic rings. The van der Waals surface area contributed by atoms with Crippen molar-refractivity contribution in [2.75, 3.05) is 26.2 Å². The van der Waals surface area contributed by atoms with Gasteiger partial charge < -0.3 is 25.4 Å². The van der Waals surface area contributed by atoms with Gasteiger partial charge >= 0.3 is 12.2 Å². The average molecular weight is 380 g/mol. The minimum absolute atomic E-state index is 0.248. The third-order valence-electron chi connectivity index (χ3n) is 3.62. The van der Waals surface area contributed by atoms with E-state index in [9.17, 15) is 9.59 Å². The van der Waals surface area contributed by atoms with Crippen LogP contribution in [0.15, 0.2) is 30.3 Å². The van der Waals surface area contributed by atoms with E-state index in [4.69, 9.17) is 15.2 Å². The number of amides is 2. The summed E-state index contributed by atoms with van der Waals surface area (Å²) in [5.74, 6) is 0. The third-order valence-corrected chi connectivity index (χ3v) is 3.62. The van der Waals surface area contributed by atoms with Crippen LogP contribution in [-0.4, -0.2) is 48.9 Å². The van der Waals surface area contributed by atoms with Crippen molar-refractivity contribution < 1.29 is 19.1 Å². The molecule has 152 valence electrons. The standard InChI is InChI=1S/C20H33N3O4/c1-20(2,3)27-19(25)23(15-9-12-21)14-8-7-13-22-18(24)26-16-17-10-5-4-6-11-17/h4-6,10-11H,7-9,12-16,21H2,1-3H3,(H,22,24). The predicted octanol–water partition coefficient (Wildman–Crippen LogP) is 3.28. The van der Waals surface area contributed by atoms with Gasteiger partial charge in [0.15, 0.2) is 0 Å². The highest BCUT2D eigenvalue weighted by Crippen LogP contribution is 2.11. The Morgan fingerprint density at radius 3 is 2.37 bits per heavy atom. The van der Waals surface area contributed by atoms with Gasteiger partial charge in [0, 0.05) is 19.6 Å². The van der Waals surface area contributed by atoms with Crippen LogP contribution in [-0.2, 0) is 16.1 Å². The second kappa shape index (κ2) is 12.2. The number of hydrogen-bond donors (Lipinski definition) is 2. The van der Waals surface area contributed by atoms with Gasteiger partial charge in [0.1, 0.15) is 12.2 Å². The third kappa shape index (κ3) is 11.1. The van der Waals surface area contributed by atoms with E-state index in [2.05, 4.69) is 5.32 Å². The smallest absolute Gasteiger partial charge is 0.410 e. The van der Waals surface area contributed by atoms with Crippen molar-refractivity contribution in [3.63, 3.8) is 0 Å². The van der Waals surface area contributed by atoms with Gasteiger partial charge in [-0.1, -0.05) is 30.3 Å². The van der Waals surface area contributed by atoms with Gasteiger partial charge in [-0.2, -0.15) is 0 Å². The summed E-state index contributed by atoms with van der Waals surface area (Å²) >= 11 is 0. The number of carbonyl (C=O) groups is 2. The van der Waals surface area contributed by atoms with Crippen LogP contribution in [0.3, 0.4) is 0 Å². The number of unbranched alkanes of at least 4 members (excludes halogenated alkanes) is 1. The van der Waals surface area contributed by atoms with Crippen LogP contribution in [0.1, 0.15) is 45.6 Å². The first-order valence-electron chi connectivity index (χ1n) is 9.44. The molecular formula is C20H33N3O4. The van der Waals surface area contributed by atoms with Gasteiger partial charge in [-0.3, -0.25) is 0 Å². The molecule has 7 heteroatoms. The summed E-state index contributed by atoms with van der Waals surface area (Å²) in [6, 6.07) is 9.52. The highest BCUT2D eigenvalue weighted by atomic mass is 16.6. The van der Waals surface area contributed by atoms with E-state index in [1.54, 1.807) is 4.90 Å². The number of nitrogens with two attached hydrogens (primary N) is 1. The lowest BCUT2D eigenvalue weighted by Crippen LogP contribution is -2.38. The number of nitrogens with one attached hydrogen (secondary N) is 1. The van der Waals surface area contributed by atoms with Gasteiger partial charge in [0.05, 0.1) is 0 Å². The molecule has 0 aliphatic heterocycles. The first-order valence-corrected chi connectivity index (χ1v) is 9.44. The van der Waals surface area contributed by atoms with E-state index in [0.29, 0.717) is 26.2 Å². The lowest BCUT2D eigenvalue weighted by atomic mass is 10.2. The Kier molecular flexibility index (Phi) is 10.3. The Bertz CT molecular complexity index is 558. The molecule has 0 aromatic heterocycles. The summed E-state index contributed by atoms with van der Waals surface area (Å²) < 4.78 is 10.6. The van der Waals surface area contributed by atoms with Crippen LogP contribution in [0.5, 0.6) is 0 Å². The molecule has 0 spiro atoms. The molecule has 3 N–H and O–H groups in total. The van der Waals surface area contributed by atoms with Crippen molar-refractivity contribution >= 4 is 12.2 Å². The van der Waals surface area contributed by atoms with Crippen LogP contribution in [0, 0.1) is 0 Å². The fourth-order valence-electron chi connectivity index (χ4n) is 2.30. The van der Waals surface area contributed by atoms with Gasteiger partial charge in [0.2, 0.25) is 0 Å². The van der Waals surface area contributed by atoms with Crippen molar-refractivity contribution in [1.29, 1.82) is 0 Å². The number of ether oxygens (including phenoxy) is 2. The Balaban J connectivity index is 2.23. The number of nitrogens with zero attached hydrogens (tertiary/aromatic N) is 1. The first-order chi connectivity index (χ1) is 12.8. The topological polar surface area (TPSA) is 93.9 Å². The maximum absolute atomic E-state index is 12.2. The van der Waals surface area contributed by atoms with Crippen LogP contribution in [0.2, 0.25) is 0 Å². The molecule has 0 saturated heterocycles. The minimum Gasteiger partial charge on any atom is -0.445 e. The maximum Gasteiger partial charge on any atom is 0.410 e. The van der Waals surface area contributed by atoms with E-state index >= 15 is 0 Å². The molecule has 7 nitrogen and oxygen atoms in total.